The fourth-order valence-corrected chi connectivity index (χ4v) is 6.57. The Kier molecular flexibility index (Phi) is 13.4. The van der Waals surface area contributed by atoms with Crippen molar-refractivity contribution in [2.45, 2.75) is 92.6 Å². The van der Waals surface area contributed by atoms with Gasteiger partial charge in [-0.2, -0.15) is 11.8 Å². The van der Waals surface area contributed by atoms with E-state index >= 15 is 0 Å². The molecule has 0 radical (unpaired) electrons. The third-order valence-corrected chi connectivity index (χ3v) is 10.0. The lowest BCUT2D eigenvalue weighted by molar-refractivity contribution is 0.0115. The van der Waals surface area contributed by atoms with Crippen molar-refractivity contribution in [3.63, 3.8) is 0 Å². The van der Waals surface area contributed by atoms with Crippen LogP contribution >= 0.6 is 11.8 Å². The van der Waals surface area contributed by atoms with Crippen LogP contribution < -0.4 is 11.3 Å². The molecule has 2 aliphatic heterocycles. The van der Waals surface area contributed by atoms with E-state index in [0.29, 0.717) is 11.0 Å². The average Bonchev–Trinajstić information content (AvgIpc) is 3.02. The number of nitrogens with zero attached hydrogens (tertiary/aromatic N) is 4. The van der Waals surface area contributed by atoms with E-state index in [1.165, 1.54) is 6.42 Å². The maximum Gasteiger partial charge on any atom is 0.410 e. The minimum atomic E-state index is -0.386. The maximum atomic E-state index is 12.5. The zero-order chi connectivity index (χ0) is 34.1. The monoisotopic (exact) mass is 652 g/mol. The summed E-state index contributed by atoms with van der Waals surface area (Å²) < 4.78 is 5.37. The van der Waals surface area contributed by atoms with E-state index in [1.54, 1.807) is 6.20 Å². The van der Waals surface area contributed by atoms with E-state index in [1.807, 2.05) is 62.7 Å². The lowest BCUT2D eigenvalue weighted by Gasteiger charge is -2.39. The number of thioether (sulfide) groups is 1. The first-order valence-corrected chi connectivity index (χ1v) is 17.8. The van der Waals surface area contributed by atoms with Crippen molar-refractivity contribution >= 4 is 35.2 Å². The fourth-order valence-electron chi connectivity index (χ4n) is 5.67. The number of ether oxygens (including phenoxy) is 1. The number of carbonyl (C=O) groups excluding carboxylic acids is 1. The largest absolute Gasteiger partial charge is 0.444 e. The van der Waals surface area contributed by atoms with Gasteiger partial charge in [0, 0.05) is 56.5 Å². The zero-order valence-electron chi connectivity index (χ0n) is 29.5. The number of pyridine rings is 1. The molecule has 9 nitrogen and oxygen atoms in total. The number of hydrogen-bond acceptors (Lipinski definition) is 6. The van der Waals surface area contributed by atoms with Gasteiger partial charge in [0.2, 0.25) is 0 Å². The number of aromatic nitrogens is 1. The van der Waals surface area contributed by atoms with Crippen molar-refractivity contribution in [3.8, 4) is 0 Å². The molecule has 2 aliphatic rings. The van der Waals surface area contributed by atoms with Crippen molar-refractivity contribution in [1.29, 1.82) is 0 Å². The number of aryl methyl sites for hydroxylation is 1. The smallest absolute Gasteiger partial charge is 0.410 e. The molecule has 1 amide bonds. The average molecular weight is 653 g/mol. The Bertz CT molecular complexity index is 1430. The van der Waals surface area contributed by atoms with Crippen molar-refractivity contribution < 1.29 is 9.53 Å². The molecule has 3 N–H and O–H groups in total. The Labute approximate surface area is 280 Å². The van der Waals surface area contributed by atoms with Crippen LogP contribution in [0.25, 0.3) is 0 Å². The number of rotatable bonds is 6. The van der Waals surface area contributed by atoms with Gasteiger partial charge in [-0.05, 0) is 93.7 Å². The number of benzene rings is 1. The number of amides is 1. The Morgan fingerprint density at radius 1 is 1.11 bits per heavy atom. The number of amidine groups is 2. The molecular weight excluding hydrogens is 597 g/mol. The number of H-pyrrole nitrogens is 1. The van der Waals surface area contributed by atoms with Crippen molar-refractivity contribution in [3.05, 3.63) is 63.1 Å². The molecule has 2 fully saturated rings. The van der Waals surface area contributed by atoms with E-state index in [0.717, 1.165) is 85.2 Å². The zero-order valence-corrected chi connectivity index (χ0v) is 30.4. The third-order valence-electron chi connectivity index (χ3n) is 9.09. The summed E-state index contributed by atoms with van der Waals surface area (Å²) in [7, 11) is 1.85. The normalized spacial score (nSPS) is 18.0. The van der Waals surface area contributed by atoms with Gasteiger partial charge in [-0.15, -0.1) is 0 Å². The van der Waals surface area contributed by atoms with Gasteiger partial charge >= 0.3 is 6.09 Å². The van der Waals surface area contributed by atoms with E-state index in [4.69, 9.17) is 10.5 Å². The Morgan fingerprint density at radius 2 is 1.76 bits per heavy atom. The molecule has 0 spiro atoms. The van der Waals surface area contributed by atoms with Crippen LogP contribution in [-0.4, -0.2) is 82.9 Å². The van der Waals surface area contributed by atoms with Crippen LogP contribution in [0.5, 0.6) is 0 Å². The molecule has 1 atom stereocenters. The summed E-state index contributed by atoms with van der Waals surface area (Å²) in [4.78, 5) is 40.3. The summed E-state index contributed by atoms with van der Waals surface area (Å²) in [6.45, 7) is 20.2. The SMILES string of the molecule is CCC(C)c1cc[nH]c(=O)c1C(N)=Nc1ccc(C(=NC)N2CCSCC2)c(C)c1.CCC1(C)CCN(C(=O)OC(C)(C)C)CC1. The van der Waals surface area contributed by atoms with Crippen LogP contribution in [0.3, 0.4) is 0 Å². The number of nitrogens with one attached hydrogen (secondary N) is 1. The molecule has 3 heterocycles. The number of aromatic amines is 1. The quantitative estimate of drug-likeness (QED) is 0.254. The Hall–Kier alpha value is -3.27. The highest BCUT2D eigenvalue weighted by molar-refractivity contribution is 7.99. The molecular formula is C36H56N6O3S. The van der Waals surface area contributed by atoms with Gasteiger partial charge in [-0.25, -0.2) is 9.79 Å². The van der Waals surface area contributed by atoms with Gasteiger partial charge in [0.25, 0.3) is 5.56 Å². The number of likely N-dealkylation sites (tertiary alicyclic amines) is 1. The fraction of sp³-hybridized carbons (Fsp3) is 0.611. The van der Waals surface area contributed by atoms with Gasteiger partial charge < -0.3 is 25.3 Å². The minimum absolute atomic E-state index is 0.161. The molecule has 46 heavy (non-hydrogen) atoms. The van der Waals surface area contributed by atoms with Gasteiger partial charge in [0.15, 0.2) is 0 Å². The van der Waals surface area contributed by atoms with E-state index < -0.39 is 0 Å². The van der Waals surface area contributed by atoms with Gasteiger partial charge in [0.05, 0.1) is 11.3 Å². The van der Waals surface area contributed by atoms with Gasteiger partial charge in [-0.3, -0.25) is 9.79 Å². The summed E-state index contributed by atoms with van der Waals surface area (Å²) >= 11 is 1.98. The molecule has 10 heteroatoms. The number of hydrogen-bond donors (Lipinski definition) is 2. The Morgan fingerprint density at radius 3 is 2.30 bits per heavy atom. The lowest BCUT2D eigenvalue weighted by Crippen LogP contribution is -2.44. The highest BCUT2D eigenvalue weighted by Gasteiger charge is 2.32. The topological polar surface area (TPSA) is 116 Å². The van der Waals surface area contributed by atoms with Crippen LogP contribution in [-0.2, 0) is 4.74 Å². The molecule has 2 aromatic rings. The van der Waals surface area contributed by atoms with E-state index in [2.05, 4.69) is 60.6 Å². The Balaban J connectivity index is 0.000000304. The number of aliphatic imine (C=N–C) groups is 2. The summed E-state index contributed by atoms with van der Waals surface area (Å²) in [5.41, 5.74) is 10.5. The van der Waals surface area contributed by atoms with Crippen molar-refractivity contribution in [2.75, 3.05) is 44.7 Å². The van der Waals surface area contributed by atoms with Crippen molar-refractivity contribution in [2.24, 2.45) is 21.1 Å². The first-order valence-electron chi connectivity index (χ1n) is 16.7. The van der Waals surface area contributed by atoms with Gasteiger partial charge in [0.1, 0.15) is 17.3 Å². The van der Waals surface area contributed by atoms with Crippen LogP contribution in [0.1, 0.15) is 102 Å². The standard InChI is InChI=1S/C23H31N5OS.C13H25NO2/c1-5-15(2)18-8-9-26-23(29)20(18)21(24)27-17-6-7-19(16(3)14-17)22(25-4)28-10-12-30-13-11-28;1-6-13(5)7-9-14(10-8-13)11(15)16-12(2,3)4/h6-9,14-15H,5,10-13H2,1-4H3,(H2,24,27)(H,26,29);6-10H2,1-5H3. The highest BCUT2D eigenvalue weighted by Crippen LogP contribution is 2.34. The van der Waals surface area contributed by atoms with Crippen LogP contribution in [0.2, 0.25) is 0 Å². The molecule has 0 saturated carbocycles. The summed E-state index contributed by atoms with van der Waals surface area (Å²) in [6.07, 6.45) is 5.79. The molecule has 1 unspecified atom stereocenters. The first kappa shape index (κ1) is 37.2. The molecule has 254 valence electrons. The van der Waals surface area contributed by atoms with Crippen LogP contribution in [0, 0.1) is 12.3 Å². The first-order chi connectivity index (χ1) is 21.7. The summed E-state index contributed by atoms with van der Waals surface area (Å²) in [5.74, 6) is 3.75. The minimum Gasteiger partial charge on any atom is -0.444 e. The molecule has 1 aromatic heterocycles. The highest BCUT2D eigenvalue weighted by atomic mass is 32.2. The molecule has 0 bridgehead atoms. The number of nitrogens with two attached hydrogens (primary N) is 1. The lowest BCUT2D eigenvalue weighted by atomic mass is 9.78. The second-order valence-electron chi connectivity index (χ2n) is 13.7. The predicted molar refractivity (Wildman–Crippen MR) is 194 cm³/mol. The van der Waals surface area contributed by atoms with Gasteiger partial charge in [-0.1, -0.05) is 34.1 Å². The summed E-state index contributed by atoms with van der Waals surface area (Å²) in [5, 5.41) is 0. The van der Waals surface area contributed by atoms with E-state index in [9.17, 15) is 9.59 Å². The predicted octanol–water partition coefficient (Wildman–Crippen LogP) is 7.09. The molecule has 4 rings (SSSR count). The maximum absolute atomic E-state index is 12.5. The molecule has 1 aromatic carbocycles. The molecule has 2 saturated heterocycles. The summed E-state index contributed by atoms with van der Waals surface area (Å²) in [6, 6.07) is 7.92. The second-order valence-corrected chi connectivity index (χ2v) is 14.9. The van der Waals surface area contributed by atoms with Crippen LogP contribution in [0.15, 0.2) is 45.2 Å². The second kappa shape index (κ2) is 16.5. The number of piperidine rings is 1. The third kappa shape index (κ3) is 10.1. The molecule has 0 aliphatic carbocycles. The number of carbonyl (C=O) groups is 1. The van der Waals surface area contributed by atoms with E-state index in [-0.39, 0.29) is 29.0 Å². The van der Waals surface area contributed by atoms with Crippen LogP contribution in [0.4, 0.5) is 10.5 Å². The van der Waals surface area contributed by atoms with Crippen molar-refractivity contribution in [1.82, 2.24) is 14.8 Å².